The molecule has 0 saturated heterocycles. The highest BCUT2D eigenvalue weighted by atomic mass is 14.2. The number of hydrogen-bond donors (Lipinski definition) is 0. The molecule has 78 valence electrons. The Morgan fingerprint density at radius 1 is 1.15 bits per heavy atom. The molecule has 0 bridgehead atoms. The van der Waals surface area contributed by atoms with Gasteiger partial charge in [0.1, 0.15) is 0 Å². The summed E-state index contributed by atoms with van der Waals surface area (Å²) in [4.78, 5) is 0. The van der Waals surface area contributed by atoms with Gasteiger partial charge in [0.05, 0.1) is 0 Å². The SMILES string of the molecule is C=C.C=CCCC1CCCC1.CC. The van der Waals surface area contributed by atoms with Crippen LogP contribution in [-0.2, 0) is 0 Å². The van der Waals surface area contributed by atoms with E-state index in [-0.39, 0.29) is 0 Å². The fraction of sp³-hybridized carbons (Fsp3) is 0.692. The first-order valence-corrected chi connectivity index (χ1v) is 5.54. The fourth-order valence-corrected chi connectivity index (χ4v) is 1.65. The van der Waals surface area contributed by atoms with E-state index in [0.717, 1.165) is 5.92 Å². The lowest BCUT2D eigenvalue weighted by atomic mass is 10.0. The molecule has 1 saturated carbocycles. The van der Waals surface area contributed by atoms with Crippen molar-refractivity contribution in [2.45, 2.75) is 52.4 Å². The van der Waals surface area contributed by atoms with E-state index >= 15 is 0 Å². The molecule has 0 spiro atoms. The molecular weight excluding hydrogens is 156 g/mol. The van der Waals surface area contributed by atoms with Crippen LogP contribution in [0.4, 0.5) is 0 Å². The van der Waals surface area contributed by atoms with Crippen molar-refractivity contribution in [3.63, 3.8) is 0 Å². The van der Waals surface area contributed by atoms with Crippen LogP contribution in [0.2, 0.25) is 0 Å². The third-order valence-corrected chi connectivity index (χ3v) is 2.25. The third kappa shape index (κ3) is 9.39. The summed E-state index contributed by atoms with van der Waals surface area (Å²) < 4.78 is 0. The first kappa shape index (κ1) is 15.0. The van der Waals surface area contributed by atoms with Gasteiger partial charge in [-0.3, -0.25) is 0 Å². The minimum Gasteiger partial charge on any atom is -0.106 e. The third-order valence-electron chi connectivity index (χ3n) is 2.25. The lowest BCUT2D eigenvalue weighted by Crippen LogP contribution is -1.90. The molecule has 0 radical (unpaired) electrons. The molecule has 13 heavy (non-hydrogen) atoms. The topological polar surface area (TPSA) is 0 Å². The Bertz CT molecular complexity index is 88.2. The van der Waals surface area contributed by atoms with Crippen molar-refractivity contribution < 1.29 is 0 Å². The van der Waals surface area contributed by atoms with Gasteiger partial charge in [-0.2, -0.15) is 0 Å². The minimum absolute atomic E-state index is 1.04. The van der Waals surface area contributed by atoms with E-state index in [1.807, 2.05) is 19.9 Å². The van der Waals surface area contributed by atoms with E-state index < -0.39 is 0 Å². The van der Waals surface area contributed by atoms with Gasteiger partial charge in [-0.1, -0.05) is 45.6 Å². The molecular formula is C13H26. The van der Waals surface area contributed by atoms with Gasteiger partial charge in [-0.05, 0) is 18.8 Å². The van der Waals surface area contributed by atoms with Crippen LogP contribution in [0, 0.1) is 5.92 Å². The molecule has 0 aliphatic heterocycles. The summed E-state index contributed by atoms with van der Waals surface area (Å²) in [5.41, 5.74) is 0. The van der Waals surface area contributed by atoms with Crippen molar-refractivity contribution in [1.82, 2.24) is 0 Å². The van der Waals surface area contributed by atoms with Crippen molar-refractivity contribution in [3.8, 4) is 0 Å². The number of hydrogen-bond acceptors (Lipinski definition) is 0. The predicted molar refractivity (Wildman–Crippen MR) is 64.0 cm³/mol. The monoisotopic (exact) mass is 182 g/mol. The van der Waals surface area contributed by atoms with Crippen molar-refractivity contribution >= 4 is 0 Å². The van der Waals surface area contributed by atoms with Crippen molar-refractivity contribution in [2.24, 2.45) is 5.92 Å². The van der Waals surface area contributed by atoms with Gasteiger partial charge in [-0.25, -0.2) is 0 Å². The van der Waals surface area contributed by atoms with Gasteiger partial charge in [0.15, 0.2) is 0 Å². The maximum absolute atomic E-state index is 3.72. The minimum atomic E-state index is 1.04. The highest BCUT2D eigenvalue weighted by Crippen LogP contribution is 2.28. The highest BCUT2D eigenvalue weighted by molar-refractivity contribution is 4.73. The maximum Gasteiger partial charge on any atom is -0.0351 e. The molecule has 0 aromatic carbocycles. The van der Waals surface area contributed by atoms with E-state index in [1.165, 1.54) is 38.5 Å². The first-order chi connectivity index (χ1) is 6.43. The Balaban J connectivity index is 0. The second kappa shape index (κ2) is 14.0. The molecule has 0 nitrogen and oxygen atoms in total. The lowest BCUT2D eigenvalue weighted by molar-refractivity contribution is 0.509. The zero-order valence-electron chi connectivity index (χ0n) is 9.52. The molecule has 0 aromatic rings. The Labute approximate surface area is 84.7 Å². The predicted octanol–water partition coefficient (Wildman–Crippen LogP) is 4.97. The van der Waals surface area contributed by atoms with Crippen molar-refractivity contribution in [3.05, 3.63) is 25.8 Å². The van der Waals surface area contributed by atoms with Crippen LogP contribution >= 0.6 is 0 Å². The number of allylic oxidation sites excluding steroid dienone is 1. The Hall–Kier alpha value is -0.520. The smallest absolute Gasteiger partial charge is 0.0351 e. The molecule has 0 unspecified atom stereocenters. The summed E-state index contributed by atoms with van der Waals surface area (Å²) in [6, 6.07) is 0. The standard InChI is InChI=1S/C9H16.C2H6.C2H4/c1-2-3-6-9-7-4-5-8-9;2*1-2/h2,9H,1,3-8H2;1-2H3;1-2H2. The van der Waals surface area contributed by atoms with Gasteiger partial charge < -0.3 is 0 Å². The van der Waals surface area contributed by atoms with Gasteiger partial charge in [0.25, 0.3) is 0 Å². The van der Waals surface area contributed by atoms with E-state index in [4.69, 9.17) is 0 Å². The molecule has 0 atom stereocenters. The molecule has 0 aromatic heterocycles. The molecule has 0 heteroatoms. The zero-order valence-corrected chi connectivity index (χ0v) is 9.52. The van der Waals surface area contributed by atoms with Crippen LogP contribution in [0.25, 0.3) is 0 Å². The number of rotatable bonds is 3. The van der Waals surface area contributed by atoms with E-state index in [2.05, 4.69) is 19.7 Å². The van der Waals surface area contributed by atoms with E-state index in [0.29, 0.717) is 0 Å². The molecule has 0 amide bonds. The van der Waals surface area contributed by atoms with Gasteiger partial charge in [0, 0.05) is 0 Å². The summed E-state index contributed by atoms with van der Waals surface area (Å²) >= 11 is 0. The Morgan fingerprint density at radius 3 is 2.00 bits per heavy atom. The summed E-state index contributed by atoms with van der Waals surface area (Å²) in [6.07, 6.45) is 10.6. The summed E-state index contributed by atoms with van der Waals surface area (Å²) in [5, 5.41) is 0. The van der Waals surface area contributed by atoms with Gasteiger partial charge in [0.2, 0.25) is 0 Å². The Kier molecular flexibility index (Phi) is 16.2. The maximum atomic E-state index is 3.72. The molecule has 0 heterocycles. The molecule has 0 N–H and O–H groups in total. The summed E-state index contributed by atoms with van der Waals surface area (Å²) in [7, 11) is 0. The van der Waals surface area contributed by atoms with Crippen LogP contribution in [0.15, 0.2) is 25.8 Å². The van der Waals surface area contributed by atoms with Crippen molar-refractivity contribution in [2.75, 3.05) is 0 Å². The van der Waals surface area contributed by atoms with Gasteiger partial charge >= 0.3 is 0 Å². The van der Waals surface area contributed by atoms with Crippen LogP contribution in [0.3, 0.4) is 0 Å². The van der Waals surface area contributed by atoms with Crippen LogP contribution in [0.5, 0.6) is 0 Å². The second-order valence-electron chi connectivity index (χ2n) is 3.02. The normalized spacial score (nSPS) is 14.9. The van der Waals surface area contributed by atoms with Crippen molar-refractivity contribution in [1.29, 1.82) is 0 Å². The molecule has 1 aliphatic carbocycles. The molecule has 1 aliphatic rings. The average Bonchev–Trinajstić information content (AvgIpc) is 2.73. The zero-order chi connectivity index (χ0) is 10.5. The fourth-order valence-electron chi connectivity index (χ4n) is 1.65. The molecule has 1 fully saturated rings. The lowest BCUT2D eigenvalue weighted by Gasteiger charge is -2.03. The van der Waals surface area contributed by atoms with Crippen LogP contribution in [-0.4, -0.2) is 0 Å². The second-order valence-corrected chi connectivity index (χ2v) is 3.02. The molecule has 1 rings (SSSR count). The highest BCUT2D eigenvalue weighted by Gasteiger charge is 2.12. The van der Waals surface area contributed by atoms with E-state index in [1.54, 1.807) is 0 Å². The van der Waals surface area contributed by atoms with E-state index in [9.17, 15) is 0 Å². The first-order valence-electron chi connectivity index (χ1n) is 5.54. The largest absolute Gasteiger partial charge is 0.106 e. The van der Waals surface area contributed by atoms with Gasteiger partial charge in [-0.15, -0.1) is 19.7 Å². The average molecular weight is 182 g/mol. The Morgan fingerprint density at radius 2 is 1.62 bits per heavy atom. The quantitative estimate of drug-likeness (QED) is 0.540. The van der Waals surface area contributed by atoms with Crippen LogP contribution in [0.1, 0.15) is 52.4 Å². The summed E-state index contributed by atoms with van der Waals surface area (Å²) in [5.74, 6) is 1.04. The van der Waals surface area contributed by atoms with Crippen LogP contribution < -0.4 is 0 Å². The summed E-state index contributed by atoms with van der Waals surface area (Å²) in [6.45, 7) is 13.7.